The Hall–Kier alpha value is -1.81. The summed E-state index contributed by atoms with van der Waals surface area (Å²) in [5.74, 6) is 0. The molecule has 4 nitrogen and oxygen atoms in total. The van der Waals surface area contributed by atoms with Crippen molar-refractivity contribution in [3.05, 3.63) is 42.1 Å². The minimum atomic E-state index is 0.982. The normalized spacial score (nSPS) is 15.1. The van der Waals surface area contributed by atoms with Gasteiger partial charge in [0.2, 0.25) is 0 Å². The molecule has 0 amide bonds. The summed E-state index contributed by atoms with van der Waals surface area (Å²) < 4.78 is 0. The molecule has 0 aliphatic carbocycles. The summed E-state index contributed by atoms with van der Waals surface area (Å²) >= 11 is 0. The number of hydrogen-bond acceptors (Lipinski definition) is 4. The Morgan fingerprint density at radius 3 is 2.71 bits per heavy atom. The molecule has 2 aromatic heterocycles. The predicted octanol–water partition coefficient (Wildman–Crippen LogP) is 1.23. The summed E-state index contributed by atoms with van der Waals surface area (Å²) in [6, 6.07) is 4.00. The molecule has 0 bridgehead atoms. The maximum absolute atomic E-state index is 4.44. The molecule has 0 saturated heterocycles. The zero-order valence-corrected chi connectivity index (χ0v) is 9.56. The summed E-state index contributed by atoms with van der Waals surface area (Å²) in [5, 5.41) is 3.39. The van der Waals surface area contributed by atoms with Crippen molar-refractivity contribution >= 4 is 0 Å². The number of hydrogen-bond donors (Lipinski definition) is 1. The minimum absolute atomic E-state index is 0.982. The smallest absolute Gasteiger partial charge is 0.116 e. The van der Waals surface area contributed by atoms with Crippen LogP contribution in [0.25, 0.3) is 11.3 Å². The van der Waals surface area contributed by atoms with Crippen molar-refractivity contribution in [1.82, 2.24) is 20.3 Å². The third-order valence-electron chi connectivity index (χ3n) is 3.08. The van der Waals surface area contributed by atoms with E-state index in [1.807, 2.05) is 12.1 Å². The average molecular weight is 226 g/mol. The van der Waals surface area contributed by atoms with Crippen LogP contribution >= 0.6 is 0 Å². The van der Waals surface area contributed by atoms with Crippen molar-refractivity contribution in [2.24, 2.45) is 0 Å². The maximum Gasteiger partial charge on any atom is 0.116 e. The molecule has 1 aliphatic rings. The SMILES string of the molecule is c1cc(-c2ncnc3c2CCNCC3)ccn1. The number of nitrogens with one attached hydrogen (secondary N) is 1. The van der Waals surface area contributed by atoms with E-state index < -0.39 is 0 Å². The molecule has 0 saturated carbocycles. The van der Waals surface area contributed by atoms with Gasteiger partial charge in [0.1, 0.15) is 6.33 Å². The van der Waals surface area contributed by atoms with E-state index in [4.69, 9.17) is 0 Å². The Balaban J connectivity index is 2.11. The summed E-state index contributed by atoms with van der Waals surface area (Å²) in [6.07, 6.45) is 7.25. The molecule has 17 heavy (non-hydrogen) atoms. The van der Waals surface area contributed by atoms with E-state index in [-0.39, 0.29) is 0 Å². The Morgan fingerprint density at radius 1 is 1.00 bits per heavy atom. The van der Waals surface area contributed by atoms with Crippen molar-refractivity contribution in [2.45, 2.75) is 12.8 Å². The summed E-state index contributed by atoms with van der Waals surface area (Å²) in [4.78, 5) is 12.9. The first kappa shape index (κ1) is 10.4. The van der Waals surface area contributed by atoms with Gasteiger partial charge in [0, 0.05) is 42.2 Å². The van der Waals surface area contributed by atoms with Crippen LogP contribution in [0.15, 0.2) is 30.9 Å². The highest BCUT2D eigenvalue weighted by molar-refractivity contribution is 5.63. The van der Waals surface area contributed by atoms with Crippen LogP contribution in [0, 0.1) is 0 Å². The maximum atomic E-state index is 4.44. The lowest BCUT2D eigenvalue weighted by molar-refractivity contribution is 0.708. The van der Waals surface area contributed by atoms with Gasteiger partial charge in [-0.15, -0.1) is 0 Å². The van der Waals surface area contributed by atoms with Crippen LogP contribution < -0.4 is 5.32 Å². The standard InChI is InChI=1S/C13H14N4/c1-5-14-6-2-10(1)13-11-3-7-15-8-4-12(11)16-9-17-13/h1-2,5-6,9,15H,3-4,7-8H2. The van der Waals surface area contributed by atoms with Crippen LogP contribution in [0.5, 0.6) is 0 Å². The van der Waals surface area contributed by atoms with Crippen molar-refractivity contribution in [2.75, 3.05) is 13.1 Å². The van der Waals surface area contributed by atoms with Gasteiger partial charge in [0.05, 0.1) is 5.69 Å². The number of rotatable bonds is 1. The Bertz CT molecular complexity index is 510. The molecule has 1 N–H and O–H groups in total. The highest BCUT2D eigenvalue weighted by Crippen LogP contribution is 2.23. The van der Waals surface area contributed by atoms with Crippen molar-refractivity contribution in [3.63, 3.8) is 0 Å². The fourth-order valence-corrected chi connectivity index (χ4v) is 2.23. The van der Waals surface area contributed by atoms with Crippen molar-refractivity contribution in [1.29, 1.82) is 0 Å². The van der Waals surface area contributed by atoms with E-state index in [9.17, 15) is 0 Å². The van der Waals surface area contributed by atoms with Gasteiger partial charge < -0.3 is 5.32 Å². The Labute approximate surface area is 100 Å². The van der Waals surface area contributed by atoms with Crippen LogP contribution in [-0.4, -0.2) is 28.0 Å². The van der Waals surface area contributed by atoms with Gasteiger partial charge in [-0.1, -0.05) is 0 Å². The molecule has 3 rings (SSSR count). The zero-order chi connectivity index (χ0) is 11.5. The lowest BCUT2D eigenvalue weighted by Crippen LogP contribution is -2.16. The van der Waals surface area contributed by atoms with Crippen LogP contribution in [-0.2, 0) is 12.8 Å². The molecule has 0 radical (unpaired) electrons. The Morgan fingerprint density at radius 2 is 1.82 bits per heavy atom. The summed E-state index contributed by atoms with van der Waals surface area (Å²) in [7, 11) is 0. The molecule has 2 aromatic rings. The summed E-state index contributed by atoms with van der Waals surface area (Å²) in [5.41, 5.74) is 4.64. The minimum Gasteiger partial charge on any atom is -0.316 e. The second-order valence-electron chi connectivity index (χ2n) is 4.13. The number of pyridine rings is 1. The Kier molecular flexibility index (Phi) is 2.80. The molecule has 86 valence electrons. The molecule has 0 spiro atoms. The molecule has 0 unspecified atom stereocenters. The van der Waals surface area contributed by atoms with Gasteiger partial charge in [-0.05, 0) is 25.1 Å². The van der Waals surface area contributed by atoms with Crippen molar-refractivity contribution in [3.8, 4) is 11.3 Å². The quantitative estimate of drug-likeness (QED) is 0.794. The van der Waals surface area contributed by atoms with Gasteiger partial charge in [0.15, 0.2) is 0 Å². The van der Waals surface area contributed by atoms with E-state index in [0.29, 0.717) is 0 Å². The fourth-order valence-electron chi connectivity index (χ4n) is 2.23. The van der Waals surface area contributed by atoms with Crippen molar-refractivity contribution < 1.29 is 0 Å². The van der Waals surface area contributed by atoms with Crippen LogP contribution in [0.2, 0.25) is 0 Å². The molecule has 1 aliphatic heterocycles. The van der Waals surface area contributed by atoms with Gasteiger partial charge in [0.25, 0.3) is 0 Å². The largest absolute Gasteiger partial charge is 0.316 e. The van der Waals surface area contributed by atoms with E-state index in [1.54, 1.807) is 18.7 Å². The lowest BCUT2D eigenvalue weighted by Gasteiger charge is -2.09. The zero-order valence-electron chi connectivity index (χ0n) is 9.56. The molecular weight excluding hydrogens is 212 g/mol. The van der Waals surface area contributed by atoms with Crippen LogP contribution in [0.3, 0.4) is 0 Å². The number of nitrogens with zero attached hydrogens (tertiary/aromatic N) is 3. The molecule has 3 heterocycles. The second-order valence-corrected chi connectivity index (χ2v) is 4.13. The summed E-state index contributed by atoms with van der Waals surface area (Å²) in [6.45, 7) is 2.00. The van der Waals surface area contributed by atoms with E-state index >= 15 is 0 Å². The molecular formula is C13H14N4. The predicted molar refractivity (Wildman–Crippen MR) is 65.5 cm³/mol. The molecule has 4 heteroatoms. The van der Waals surface area contributed by atoms with Gasteiger partial charge >= 0.3 is 0 Å². The number of fused-ring (bicyclic) bond motifs is 1. The first-order valence-corrected chi connectivity index (χ1v) is 5.89. The fraction of sp³-hybridized carbons (Fsp3) is 0.308. The van der Waals surface area contributed by atoms with Crippen LogP contribution in [0.4, 0.5) is 0 Å². The van der Waals surface area contributed by atoms with Gasteiger partial charge in [-0.3, -0.25) is 4.98 Å². The first-order chi connectivity index (χ1) is 8.45. The topological polar surface area (TPSA) is 50.7 Å². The first-order valence-electron chi connectivity index (χ1n) is 5.89. The average Bonchev–Trinajstić information content (AvgIpc) is 2.64. The molecule has 0 atom stereocenters. The van der Waals surface area contributed by atoms with E-state index in [2.05, 4.69) is 20.3 Å². The molecule has 0 aromatic carbocycles. The lowest BCUT2D eigenvalue weighted by atomic mass is 10.0. The monoisotopic (exact) mass is 226 g/mol. The van der Waals surface area contributed by atoms with E-state index in [1.165, 1.54) is 11.3 Å². The number of aromatic nitrogens is 3. The van der Waals surface area contributed by atoms with Gasteiger partial charge in [-0.25, -0.2) is 9.97 Å². The van der Waals surface area contributed by atoms with Gasteiger partial charge in [-0.2, -0.15) is 0 Å². The second kappa shape index (κ2) is 4.59. The molecule has 0 fully saturated rings. The highest BCUT2D eigenvalue weighted by Gasteiger charge is 2.14. The highest BCUT2D eigenvalue weighted by atomic mass is 14.9. The third kappa shape index (κ3) is 2.03. The van der Waals surface area contributed by atoms with E-state index in [0.717, 1.165) is 37.2 Å². The van der Waals surface area contributed by atoms with Crippen LogP contribution in [0.1, 0.15) is 11.3 Å². The third-order valence-corrected chi connectivity index (χ3v) is 3.08.